The summed E-state index contributed by atoms with van der Waals surface area (Å²) in [5.74, 6) is -2.86. The number of aliphatic carboxylic acids is 2. The Morgan fingerprint density at radius 3 is 2.44 bits per heavy atom. The summed E-state index contributed by atoms with van der Waals surface area (Å²) in [6.07, 6.45) is -3.74. The Morgan fingerprint density at radius 2 is 1.80 bits per heavy atom. The lowest BCUT2D eigenvalue weighted by Crippen LogP contribution is -2.39. The van der Waals surface area contributed by atoms with Crippen molar-refractivity contribution in [1.29, 1.82) is 0 Å². The Hall–Kier alpha value is -4.35. The number of hydrogen-bond donors (Lipinski definition) is 8. The zero-order valence-corrected chi connectivity index (χ0v) is 21.7. The number of esters is 1. The van der Waals surface area contributed by atoms with Crippen LogP contribution in [0.15, 0.2) is 47.4 Å². The number of rotatable bonds is 10. The molecule has 16 heteroatoms. The smallest absolute Gasteiger partial charge is 0.351 e. The monoisotopic (exact) mass is 576 g/mol. The van der Waals surface area contributed by atoms with E-state index in [1.807, 2.05) is 30.3 Å². The van der Waals surface area contributed by atoms with E-state index in [9.17, 15) is 29.4 Å². The highest BCUT2D eigenvalue weighted by atomic mass is 16.6. The fourth-order valence-electron chi connectivity index (χ4n) is 3.95. The lowest BCUT2D eigenvalue weighted by Gasteiger charge is -2.17. The Balaban J connectivity index is 0.000000397. The number of fused-ring (bicyclic) bond motifs is 1. The number of hydrogen-bond acceptors (Lipinski definition) is 12. The van der Waals surface area contributed by atoms with Gasteiger partial charge in [-0.2, -0.15) is 4.98 Å². The van der Waals surface area contributed by atoms with Gasteiger partial charge in [-0.1, -0.05) is 18.2 Å². The molecule has 1 aliphatic heterocycles. The first-order valence-electron chi connectivity index (χ1n) is 12.4. The van der Waals surface area contributed by atoms with E-state index in [1.165, 1.54) is 12.3 Å². The molecule has 0 aliphatic carbocycles. The number of nitrogen functional groups attached to an aromatic ring is 1. The molecule has 2 aromatic heterocycles. The van der Waals surface area contributed by atoms with Crippen molar-refractivity contribution in [2.45, 2.75) is 55.9 Å². The normalized spacial score (nSPS) is 21.5. The van der Waals surface area contributed by atoms with E-state index in [4.69, 9.17) is 36.9 Å². The molecular weight excluding hydrogens is 544 g/mol. The van der Waals surface area contributed by atoms with Crippen LogP contribution in [0, 0.1) is 0 Å². The standard InChI is InChI=1S/C20H23N5O6.C5H9NO4/c21-12(8-11-7-10-3-1-2-4-13(10)23-11)19(28)30-9-14-16(26)17(27)18(31-14)25-6-5-15(22)24-20(25)29;6-3(5(9)10)1-2-4(7)8/h1-7,12,14,16-18,23,26-27H,8-9,21H2,(H2,22,24,29);3H,1-2,6H2,(H,7,8)(H,9,10)/t12-,14-,16-,17+,18-;3-/m11/s1. The number of anilines is 1. The van der Waals surface area contributed by atoms with Gasteiger partial charge in [0, 0.05) is 30.2 Å². The van der Waals surface area contributed by atoms with Gasteiger partial charge in [0.05, 0.1) is 0 Å². The second kappa shape index (κ2) is 13.8. The Kier molecular flexibility index (Phi) is 10.5. The first kappa shape index (κ1) is 31.2. The minimum Gasteiger partial charge on any atom is -0.481 e. The number of ether oxygens (including phenoxy) is 2. The Morgan fingerprint density at radius 1 is 1.10 bits per heavy atom. The number of nitrogens with one attached hydrogen (secondary N) is 1. The van der Waals surface area contributed by atoms with Crippen molar-refractivity contribution in [2.24, 2.45) is 11.5 Å². The first-order valence-corrected chi connectivity index (χ1v) is 12.4. The summed E-state index contributed by atoms with van der Waals surface area (Å²) in [6, 6.07) is 8.96. The number of nitrogens with zero attached hydrogens (tertiary/aromatic N) is 2. The molecule has 1 aromatic carbocycles. The van der Waals surface area contributed by atoms with E-state index < -0.39 is 60.2 Å². The van der Waals surface area contributed by atoms with Gasteiger partial charge in [-0.3, -0.25) is 19.0 Å². The summed E-state index contributed by atoms with van der Waals surface area (Å²) in [6.45, 7) is -0.342. The zero-order chi connectivity index (χ0) is 30.3. The first-order chi connectivity index (χ1) is 19.4. The molecule has 4 rings (SSSR count). The average Bonchev–Trinajstić information content (AvgIpc) is 3.45. The van der Waals surface area contributed by atoms with Gasteiger partial charge >= 0.3 is 23.6 Å². The van der Waals surface area contributed by atoms with Gasteiger partial charge in [-0.25, -0.2) is 4.79 Å². The van der Waals surface area contributed by atoms with Crippen molar-refractivity contribution in [2.75, 3.05) is 12.3 Å². The number of nitrogens with two attached hydrogens (primary N) is 3. The highest BCUT2D eigenvalue weighted by Crippen LogP contribution is 2.28. The summed E-state index contributed by atoms with van der Waals surface area (Å²) in [5, 5.41) is 37.8. The predicted octanol–water partition coefficient (Wildman–Crippen LogP) is -1.70. The third-order valence-electron chi connectivity index (χ3n) is 6.17. The summed E-state index contributed by atoms with van der Waals surface area (Å²) in [7, 11) is 0. The Bertz CT molecular complexity index is 1390. The lowest BCUT2D eigenvalue weighted by atomic mass is 10.1. The minimum atomic E-state index is -1.42. The largest absolute Gasteiger partial charge is 0.481 e. The average molecular weight is 577 g/mol. The lowest BCUT2D eigenvalue weighted by molar-refractivity contribution is -0.151. The number of benzene rings is 1. The number of aliphatic hydroxyl groups excluding tert-OH is 2. The van der Waals surface area contributed by atoms with Crippen molar-refractivity contribution in [3.63, 3.8) is 0 Å². The molecule has 1 saturated heterocycles. The molecule has 0 bridgehead atoms. The van der Waals surface area contributed by atoms with Crippen LogP contribution < -0.4 is 22.9 Å². The quantitative estimate of drug-likeness (QED) is 0.125. The third kappa shape index (κ3) is 8.32. The number of para-hydroxylation sites is 1. The summed E-state index contributed by atoms with van der Waals surface area (Å²) >= 11 is 0. The van der Waals surface area contributed by atoms with Gasteiger partial charge in [0.2, 0.25) is 0 Å². The van der Waals surface area contributed by atoms with Crippen molar-refractivity contribution < 1.29 is 44.3 Å². The van der Waals surface area contributed by atoms with E-state index in [1.54, 1.807) is 0 Å². The summed E-state index contributed by atoms with van der Waals surface area (Å²) in [5.41, 5.74) is 17.4. The highest BCUT2D eigenvalue weighted by molar-refractivity contribution is 5.81. The second-order valence-electron chi connectivity index (χ2n) is 9.29. The van der Waals surface area contributed by atoms with Crippen molar-refractivity contribution in [1.82, 2.24) is 14.5 Å². The molecule has 1 aliphatic rings. The highest BCUT2D eigenvalue weighted by Gasteiger charge is 2.44. The molecule has 0 amide bonds. The maximum atomic E-state index is 12.3. The van der Waals surface area contributed by atoms with Gasteiger partial charge in [0.25, 0.3) is 0 Å². The molecule has 222 valence electrons. The molecule has 3 aromatic rings. The van der Waals surface area contributed by atoms with Gasteiger partial charge in [0.1, 0.15) is 42.8 Å². The topological polar surface area (TPSA) is 279 Å². The van der Waals surface area contributed by atoms with Crippen LogP contribution in [0.5, 0.6) is 0 Å². The van der Waals surface area contributed by atoms with Crippen molar-refractivity contribution >= 4 is 34.6 Å². The molecule has 16 nitrogen and oxygen atoms in total. The second-order valence-corrected chi connectivity index (χ2v) is 9.29. The molecule has 3 heterocycles. The van der Waals surface area contributed by atoms with Crippen LogP contribution in [-0.4, -0.2) is 89.9 Å². The number of carboxylic acids is 2. The molecule has 0 radical (unpaired) electrons. The molecular formula is C25H32N6O10. The zero-order valence-electron chi connectivity index (χ0n) is 21.7. The number of carboxylic acid groups (broad SMARTS) is 2. The molecule has 1 fully saturated rings. The number of aromatic nitrogens is 3. The van der Waals surface area contributed by atoms with E-state index in [0.717, 1.165) is 21.2 Å². The molecule has 6 atom stereocenters. The summed E-state index contributed by atoms with van der Waals surface area (Å²) in [4.78, 5) is 50.9. The minimum absolute atomic E-state index is 0.0173. The fourth-order valence-corrected chi connectivity index (χ4v) is 3.95. The molecule has 0 saturated carbocycles. The molecule has 11 N–H and O–H groups in total. The van der Waals surface area contributed by atoms with Crippen LogP contribution in [0.1, 0.15) is 24.8 Å². The van der Waals surface area contributed by atoms with Crippen molar-refractivity contribution in [3.8, 4) is 0 Å². The maximum Gasteiger partial charge on any atom is 0.351 e. The van der Waals surface area contributed by atoms with E-state index in [-0.39, 0.29) is 31.7 Å². The number of aliphatic hydroxyl groups is 2. The van der Waals surface area contributed by atoms with E-state index >= 15 is 0 Å². The fraction of sp³-hybridized carbons (Fsp3) is 0.400. The predicted molar refractivity (Wildman–Crippen MR) is 142 cm³/mol. The Labute approximate surface area is 232 Å². The molecule has 41 heavy (non-hydrogen) atoms. The number of carbonyl (C=O) groups is 3. The molecule has 0 spiro atoms. The SMILES string of the molecule is N[C@H](CCC(=O)O)C(=O)O.Nc1ccn([C@@H]2O[C@H](COC(=O)[C@H](N)Cc3cc4ccccc4[nH]3)[C@@H](O)[C@@H]2O)c(=O)n1. The number of carbonyl (C=O) groups excluding carboxylic acids is 1. The van der Waals surface area contributed by atoms with Crippen LogP contribution in [0.3, 0.4) is 0 Å². The number of aromatic amines is 1. The van der Waals surface area contributed by atoms with Gasteiger partial charge < -0.3 is 52.1 Å². The molecule has 0 unspecified atom stereocenters. The van der Waals surface area contributed by atoms with Crippen molar-refractivity contribution in [3.05, 3.63) is 58.8 Å². The number of H-pyrrole nitrogens is 1. The van der Waals surface area contributed by atoms with Crippen LogP contribution in [0.2, 0.25) is 0 Å². The van der Waals surface area contributed by atoms with Gasteiger partial charge in [-0.05, 0) is 30.0 Å². The third-order valence-corrected chi connectivity index (χ3v) is 6.17. The van der Waals surface area contributed by atoms with Gasteiger partial charge in [0.15, 0.2) is 6.23 Å². The maximum absolute atomic E-state index is 12.3. The van der Waals surface area contributed by atoms with E-state index in [0.29, 0.717) is 0 Å². The van der Waals surface area contributed by atoms with Crippen LogP contribution in [0.4, 0.5) is 5.82 Å². The van der Waals surface area contributed by atoms with Crippen LogP contribution in [0.25, 0.3) is 10.9 Å². The van der Waals surface area contributed by atoms with Crippen LogP contribution >= 0.6 is 0 Å². The van der Waals surface area contributed by atoms with Crippen LogP contribution in [-0.2, 0) is 30.3 Å². The van der Waals surface area contributed by atoms with E-state index in [2.05, 4.69) is 9.97 Å². The van der Waals surface area contributed by atoms with Gasteiger partial charge in [-0.15, -0.1) is 0 Å². The summed E-state index contributed by atoms with van der Waals surface area (Å²) < 4.78 is 11.7.